The van der Waals surface area contributed by atoms with Crippen molar-refractivity contribution in [2.45, 2.75) is 0 Å². The number of carbonyl (C=O) groups excluding carboxylic acids is 1. The SMILES string of the molecule is COc1cc(/C=C/[N+](=O)[O-])ccc1OC(=O)c1c(Cl)ccc(Cl)c1Cl. The van der Waals surface area contributed by atoms with Crippen molar-refractivity contribution in [3.63, 3.8) is 0 Å². The first kappa shape index (κ1) is 19.1. The van der Waals surface area contributed by atoms with E-state index in [1.165, 1.54) is 43.5 Å². The molecule has 2 aromatic rings. The molecule has 0 saturated heterocycles. The number of rotatable bonds is 5. The molecule has 0 unspecified atom stereocenters. The molecule has 0 aliphatic heterocycles. The topological polar surface area (TPSA) is 78.7 Å². The van der Waals surface area contributed by atoms with Gasteiger partial charge in [0.2, 0.25) is 6.20 Å². The largest absolute Gasteiger partial charge is 0.493 e. The van der Waals surface area contributed by atoms with Crippen molar-refractivity contribution in [1.82, 2.24) is 0 Å². The predicted octanol–water partition coefficient (Wildman–Crippen LogP) is 5.12. The van der Waals surface area contributed by atoms with Crippen molar-refractivity contribution < 1.29 is 19.2 Å². The molecule has 0 atom stereocenters. The van der Waals surface area contributed by atoms with E-state index in [1.807, 2.05) is 0 Å². The first-order valence-corrected chi connectivity index (χ1v) is 7.82. The summed E-state index contributed by atoms with van der Waals surface area (Å²) < 4.78 is 10.4. The maximum atomic E-state index is 12.4. The van der Waals surface area contributed by atoms with Gasteiger partial charge in [0, 0.05) is 6.08 Å². The lowest BCUT2D eigenvalue weighted by Crippen LogP contribution is -2.11. The summed E-state index contributed by atoms with van der Waals surface area (Å²) in [6.45, 7) is 0. The third-order valence-electron chi connectivity index (χ3n) is 3.03. The average molecular weight is 403 g/mol. The van der Waals surface area contributed by atoms with Crippen LogP contribution in [0, 0.1) is 10.1 Å². The smallest absolute Gasteiger partial charge is 0.346 e. The van der Waals surface area contributed by atoms with E-state index in [2.05, 4.69) is 0 Å². The molecular weight excluding hydrogens is 393 g/mol. The van der Waals surface area contributed by atoms with Gasteiger partial charge in [-0.25, -0.2) is 4.79 Å². The van der Waals surface area contributed by atoms with Crippen LogP contribution in [0.15, 0.2) is 36.5 Å². The Morgan fingerprint density at radius 3 is 2.44 bits per heavy atom. The lowest BCUT2D eigenvalue weighted by molar-refractivity contribution is -0.400. The molecule has 6 nitrogen and oxygen atoms in total. The molecule has 0 amide bonds. The van der Waals surface area contributed by atoms with Crippen molar-refractivity contribution in [2.24, 2.45) is 0 Å². The van der Waals surface area contributed by atoms with Gasteiger partial charge in [-0.3, -0.25) is 10.1 Å². The van der Waals surface area contributed by atoms with E-state index in [1.54, 1.807) is 0 Å². The van der Waals surface area contributed by atoms with Crippen LogP contribution < -0.4 is 9.47 Å². The fourth-order valence-corrected chi connectivity index (χ4v) is 2.57. The molecule has 0 radical (unpaired) electrons. The molecule has 0 aliphatic rings. The standard InChI is InChI=1S/C16H10Cl3NO5/c1-24-13-8-9(6-7-20(22)23)2-5-12(13)25-16(21)14-10(17)3-4-11(18)15(14)19/h2-8H,1H3/b7-6+. The highest BCUT2D eigenvalue weighted by molar-refractivity contribution is 6.46. The number of ether oxygens (including phenoxy) is 2. The first-order chi connectivity index (χ1) is 11.8. The van der Waals surface area contributed by atoms with Crippen molar-refractivity contribution in [3.05, 3.63) is 72.8 Å². The van der Waals surface area contributed by atoms with E-state index in [9.17, 15) is 14.9 Å². The van der Waals surface area contributed by atoms with E-state index in [-0.39, 0.29) is 32.1 Å². The van der Waals surface area contributed by atoms with Crippen LogP contribution in [0.4, 0.5) is 0 Å². The molecule has 0 aliphatic carbocycles. The average Bonchev–Trinajstić information content (AvgIpc) is 2.57. The van der Waals surface area contributed by atoms with Crippen LogP contribution >= 0.6 is 34.8 Å². The number of esters is 1. The second kappa shape index (κ2) is 8.20. The normalized spacial score (nSPS) is 10.7. The van der Waals surface area contributed by atoms with Crippen LogP contribution in [0.25, 0.3) is 6.08 Å². The Hall–Kier alpha value is -2.28. The molecule has 0 spiro atoms. The second-order valence-corrected chi connectivity index (χ2v) is 5.81. The molecule has 130 valence electrons. The number of carbonyl (C=O) groups is 1. The molecule has 0 fully saturated rings. The summed E-state index contributed by atoms with van der Waals surface area (Å²) in [5.74, 6) is -0.518. The minimum absolute atomic E-state index is 0.0244. The van der Waals surface area contributed by atoms with Crippen molar-refractivity contribution >= 4 is 46.8 Å². The van der Waals surface area contributed by atoms with Gasteiger partial charge in [0.05, 0.1) is 32.7 Å². The van der Waals surface area contributed by atoms with Crippen molar-refractivity contribution in [2.75, 3.05) is 7.11 Å². The highest BCUT2D eigenvalue weighted by Crippen LogP contribution is 2.34. The van der Waals surface area contributed by atoms with Crippen molar-refractivity contribution in [3.8, 4) is 11.5 Å². The van der Waals surface area contributed by atoms with Crippen LogP contribution in [-0.2, 0) is 0 Å². The molecular formula is C16H10Cl3NO5. The first-order valence-electron chi connectivity index (χ1n) is 6.69. The third-order valence-corrected chi connectivity index (χ3v) is 4.15. The number of nitro groups is 1. The summed E-state index contributed by atoms with van der Waals surface area (Å²) in [5, 5.41) is 10.6. The van der Waals surface area contributed by atoms with E-state index < -0.39 is 10.9 Å². The Kier molecular flexibility index (Phi) is 6.25. The Labute approximate surface area is 157 Å². The van der Waals surface area contributed by atoms with Gasteiger partial charge >= 0.3 is 5.97 Å². The lowest BCUT2D eigenvalue weighted by atomic mass is 10.2. The highest BCUT2D eigenvalue weighted by atomic mass is 35.5. The molecule has 0 bridgehead atoms. The fraction of sp³-hybridized carbons (Fsp3) is 0.0625. The number of hydrogen-bond acceptors (Lipinski definition) is 5. The summed E-state index contributed by atoms with van der Waals surface area (Å²) in [4.78, 5) is 22.1. The number of halogens is 3. The second-order valence-electron chi connectivity index (χ2n) is 4.62. The number of benzene rings is 2. The minimum atomic E-state index is -0.815. The maximum absolute atomic E-state index is 12.4. The van der Waals surface area contributed by atoms with E-state index in [0.29, 0.717) is 5.56 Å². The molecule has 0 aromatic heterocycles. The molecule has 0 N–H and O–H groups in total. The molecule has 2 rings (SSSR count). The molecule has 25 heavy (non-hydrogen) atoms. The quantitative estimate of drug-likeness (QED) is 0.228. The predicted molar refractivity (Wildman–Crippen MR) is 95.5 cm³/mol. The van der Waals surface area contributed by atoms with Gasteiger partial charge in [0.15, 0.2) is 11.5 Å². The van der Waals surface area contributed by atoms with E-state index >= 15 is 0 Å². The summed E-state index contributed by atoms with van der Waals surface area (Å²) in [7, 11) is 1.37. The van der Waals surface area contributed by atoms with Crippen LogP contribution in [-0.4, -0.2) is 18.0 Å². The summed E-state index contributed by atoms with van der Waals surface area (Å²) in [5.41, 5.74) is 0.419. The third kappa shape index (κ3) is 4.63. The molecule has 9 heteroatoms. The van der Waals surface area contributed by atoms with Crippen LogP contribution in [0.5, 0.6) is 11.5 Å². The van der Waals surface area contributed by atoms with Gasteiger partial charge in [-0.15, -0.1) is 0 Å². The Bertz CT molecular complexity index is 867. The Balaban J connectivity index is 2.33. The van der Waals surface area contributed by atoms with Gasteiger partial charge in [0.1, 0.15) is 0 Å². The van der Waals surface area contributed by atoms with Crippen LogP contribution in [0.2, 0.25) is 15.1 Å². The van der Waals surface area contributed by atoms with Gasteiger partial charge < -0.3 is 9.47 Å². The summed E-state index contributed by atoms with van der Waals surface area (Å²) in [6, 6.07) is 7.31. The highest BCUT2D eigenvalue weighted by Gasteiger charge is 2.21. The number of methoxy groups -OCH3 is 1. The maximum Gasteiger partial charge on any atom is 0.346 e. The molecule has 2 aromatic carbocycles. The lowest BCUT2D eigenvalue weighted by Gasteiger charge is -2.12. The van der Waals surface area contributed by atoms with Gasteiger partial charge in [0.25, 0.3) is 0 Å². The summed E-state index contributed by atoms with van der Waals surface area (Å²) >= 11 is 17.9. The monoisotopic (exact) mass is 401 g/mol. The zero-order chi connectivity index (χ0) is 18.6. The molecule has 0 saturated carbocycles. The van der Waals surface area contributed by atoms with Gasteiger partial charge in [-0.05, 0) is 29.8 Å². The van der Waals surface area contributed by atoms with Gasteiger partial charge in [-0.2, -0.15) is 0 Å². The Morgan fingerprint density at radius 2 is 1.80 bits per heavy atom. The van der Waals surface area contributed by atoms with E-state index in [0.717, 1.165) is 6.20 Å². The van der Waals surface area contributed by atoms with Crippen LogP contribution in [0.1, 0.15) is 15.9 Å². The molecule has 0 heterocycles. The zero-order valence-corrected chi connectivity index (χ0v) is 14.9. The van der Waals surface area contributed by atoms with Gasteiger partial charge in [-0.1, -0.05) is 40.9 Å². The van der Waals surface area contributed by atoms with Crippen LogP contribution in [0.3, 0.4) is 0 Å². The van der Waals surface area contributed by atoms with Crippen molar-refractivity contribution in [1.29, 1.82) is 0 Å². The number of nitrogens with zero attached hydrogens (tertiary/aromatic N) is 1. The number of hydrogen-bond donors (Lipinski definition) is 0. The zero-order valence-electron chi connectivity index (χ0n) is 12.7. The Morgan fingerprint density at radius 1 is 1.12 bits per heavy atom. The minimum Gasteiger partial charge on any atom is -0.493 e. The van der Waals surface area contributed by atoms with E-state index in [4.69, 9.17) is 44.3 Å². The fourth-order valence-electron chi connectivity index (χ4n) is 1.88. The summed E-state index contributed by atoms with van der Waals surface area (Å²) in [6.07, 6.45) is 2.06.